The molecule has 2 amide bonds. The van der Waals surface area contributed by atoms with Gasteiger partial charge in [0.2, 0.25) is 5.91 Å². The predicted molar refractivity (Wildman–Crippen MR) is 131 cm³/mol. The van der Waals surface area contributed by atoms with Gasteiger partial charge < -0.3 is 10.6 Å². The van der Waals surface area contributed by atoms with Crippen molar-refractivity contribution < 1.29 is 9.59 Å². The number of nitrogens with one attached hydrogen (secondary N) is 2. The molecule has 0 spiro atoms. The molecule has 0 aromatic heterocycles. The van der Waals surface area contributed by atoms with Crippen molar-refractivity contribution in [2.75, 3.05) is 10.6 Å². The smallest absolute Gasteiger partial charge is 0.255 e. The molecule has 0 bridgehead atoms. The summed E-state index contributed by atoms with van der Waals surface area (Å²) in [7, 11) is 0. The van der Waals surface area contributed by atoms with Crippen LogP contribution in [0.4, 0.5) is 11.4 Å². The summed E-state index contributed by atoms with van der Waals surface area (Å²) in [6.07, 6.45) is 0.637. The second-order valence-electron chi connectivity index (χ2n) is 6.98. The quantitative estimate of drug-likeness (QED) is 0.361. The number of benzene rings is 3. The van der Waals surface area contributed by atoms with Gasteiger partial charge in [-0.2, -0.15) is 0 Å². The molecular weight excluding hydrogens is 451 g/mol. The van der Waals surface area contributed by atoms with Gasteiger partial charge in [0.1, 0.15) is 0 Å². The molecule has 0 radical (unpaired) electrons. The minimum absolute atomic E-state index is 0.125. The number of hydrogen-bond donors (Lipinski definition) is 2. The van der Waals surface area contributed by atoms with Gasteiger partial charge in [-0.15, -0.1) is 11.8 Å². The number of hydrogen-bond acceptors (Lipinski definition) is 3. The Morgan fingerprint density at radius 2 is 1.65 bits per heavy atom. The van der Waals surface area contributed by atoms with Gasteiger partial charge in [-0.25, -0.2) is 0 Å². The van der Waals surface area contributed by atoms with E-state index in [1.807, 2.05) is 56.3 Å². The first kappa shape index (κ1) is 23.2. The summed E-state index contributed by atoms with van der Waals surface area (Å²) >= 11 is 13.4. The first-order valence-electron chi connectivity index (χ1n) is 9.76. The third-order valence-corrected chi connectivity index (χ3v) is 6.60. The summed E-state index contributed by atoms with van der Waals surface area (Å²) in [5.74, 6) is -0.296. The molecule has 0 heterocycles. The average Bonchev–Trinajstić information content (AvgIpc) is 2.75. The monoisotopic (exact) mass is 472 g/mol. The van der Waals surface area contributed by atoms with E-state index < -0.39 is 0 Å². The predicted octanol–water partition coefficient (Wildman–Crippen LogP) is 7.06. The number of thioether (sulfide) groups is 1. The number of anilines is 2. The van der Waals surface area contributed by atoms with Gasteiger partial charge in [-0.1, -0.05) is 53.9 Å². The van der Waals surface area contributed by atoms with Crippen molar-refractivity contribution in [1.82, 2.24) is 0 Å². The molecule has 0 fully saturated rings. The van der Waals surface area contributed by atoms with E-state index in [1.165, 1.54) is 11.8 Å². The van der Waals surface area contributed by atoms with Crippen molar-refractivity contribution in [2.45, 2.75) is 30.4 Å². The summed E-state index contributed by atoms with van der Waals surface area (Å²) in [6.45, 7) is 3.90. The van der Waals surface area contributed by atoms with Crippen LogP contribution in [0.1, 0.15) is 29.3 Å². The van der Waals surface area contributed by atoms with E-state index in [0.717, 1.165) is 10.5 Å². The van der Waals surface area contributed by atoms with Crippen molar-refractivity contribution in [2.24, 2.45) is 0 Å². The van der Waals surface area contributed by atoms with E-state index in [2.05, 4.69) is 10.6 Å². The maximum absolute atomic E-state index is 12.7. The van der Waals surface area contributed by atoms with Gasteiger partial charge in [0, 0.05) is 21.8 Å². The third-order valence-electron chi connectivity index (χ3n) is 4.50. The standard InChI is InChI=1S/C24H22Cl2N2O2S/c1-3-22(24(30)28-18-10-11-20(25)21(26)14-18)31-19-9-5-8-17(13-19)27-23(29)16-7-4-6-15(2)12-16/h4-14,22H,3H2,1-2H3,(H,27,29)(H,28,30). The maximum atomic E-state index is 12.7. The van der Waals surface area contributed by atoms with Crippen molar-refractivity contribution in [1.29, 1.82) is 0 Å². The number of rotatable bonds is 7. The van der Waals surface area contributed by atoms with E-state index >= 15 is 0 Å². The molecule has 0 saturated carbocycles. The van der Waals surface area contributed by atoms with Gasteiger partial charge in [0.15, 0.2) is 0 Å². The number of amides is 2. The first-order chi connectivity index (χ1) is 14.9. The molecule has 0 aliphatic rings. The van der Waals surface area contributed by atoms with Gasteiger partial charge in [0.25, 0.3) is 5.91 Å². The SMILES string of the molecule is CCC(Sc1cccc(NC(=O)c2cccc(C)c2)c1)C(=O)Nc1ccc(Cl)c(Cl)c1. The number of aryl methyl sites for hydroxylation is 1. The van der Waals surface area contributed by atoms with E-state index in [0.29, 0.717) is 33.4 Å². The van der Waals surface area contributed by atoms with E-state index in [-0.39, 0.29) is 17.1 Å². The third kappa shape index (κ3) is 6.50. The molecule has 3 aromatic rings. The summed E-state index contributed by atoms with van der Waals surface area (Å²) in [5.41, 5.74) is 2.90. The molecule has 0 aliphatic heterocycles. The van der Waals surface area contributed by atoms with Gasteiger partial charge in [-0.3, -0.25) is 9.59 Å². The normalized spacial score (nSPS) is 11.6. The lowest BCUT2D eigenvalue weighted by Crippen LogP contribution is -2.24. The minimum Gasteiger partial charge on any atom is -0.325 e. The fourth-order valence-electron chi connectivity index (χ4n) is 2.92. The molecule has 31 heavy (non-hydrogen) atoms. The Bertz CT molecular complexity index is 1100. The highest BCUT2D eigenvalue weighted by atomic mass is 35.5. The lowest BCUT2D eigenvalue weighted by molar-refractivity contribution is -0.115. The highest BCUT2D eigenvalue weighted by Crippen LogP contribution is 2.30. The van der Waals surface area contributed by atoms with Gasteiger partial charge in [0.05, 0.1) is 15.3 Å². The fraction of sp³-hybridized carbons (Fsp3) is 0.167. The molecule has 2 N–H and O–H groups in total. The lowest BCUT2D eigenvalue weighted by Gasteiger charge is -2.16. The van der Waals surface area contributed by atoms with E-state index in [1.54, 1.807) is 24.3 Å². The molecule has 1 atom stereocenters. The Morgan fingerprint density at radius 3 is 2.35 bits per heavy atom. The van der Waals surface area contributed by atoms with Crippen molar-refractivity contribution in [3.05, 3.63) is 87.9 Å². The Hall–Kier alpha value is -2.47. The molecule has 3 aromatic carbocycles. The molecule has 1 unspecified atom stereocenters. The van der Waals surface area contributed by atoms with Crippen LogP contribution in [0.25, 0.3) is 0 Å². The summed E-state index contributed by atoms with van der Waals surface area (Å²) in [6, 6.07) is 19.9. The highest BCUT2D eigenvalue weighted by molar-refractivity contribution is 8.00. The molecule has 160 valence electrons. The Morgan fingerprint density at radius 1 is 0.903 bits per heavy atom. The van der Waals surface area contributed by atoms with Crippen LogP contribution in [0, 0.1) is 6.92 Å². The fourth-order valence-corrected chi connectivity index (χ4v) is 4.23. The summed E-state index contributed by atoms with van der Waals surface area (Å²) in [5, 5.41) is 6.31. The average molecular weight is 473 g/mol. The summed E-state index contributed by atoms with van der Waals surface area (Å²) in [4.78, 5) is 26.1. The number of halogens is 2. The Kier molecular flexibility index (Phi) is 8.02. The van der Waals surface area contributed by atoms with Crippen LogP contribution in [-0.2, 0) is 4.79 Å². The Balaban J connectivity index is 1.67. The number of carbonyl (C=O) groups excluding carboxylic acids is 2. The molecule has 3 rings (SSSR count). The van der Waals surface area contributed by atoms with E-state index in [9.17, 15) is 9.59 Å². The number of carbonyl (C=O) groups is 2. The minimum atomic E-state index is -0.308. The first-order valence-corrected chi connectivity index (χ1v) is 11.4. The van der Waals surface area contributed by atoms with Crippen LogP contribution in [-0.4, -0.2) is 17.1 Å². The zero-order valence-electron chi connectivity index (χ0n) is 17.1. The highest BCUT2D eigenvalue weighted by Gasteiger charge is 2.19. The van der Waals surface area contributed by atoms with Crippen molar-refractivity contribution in [3.8, 4) is 0 Å². The van der Waals surface area contributed by atoms with Crippen LogP contribution >= 0.6 is 35.0 Å². The van der Waals surface area contributed by atoms with Crippen LogP contribution in [0.3, 0.4) is 0 Å². The zero-order valence-corrected chi connectivity index (χ0v) is 19.4. The zero-order chi connectivity index (χ0) is 22.4. The molecular formula is C24H22Cl2N2O2S. The lowest BCUT2D eigenvalue weighted by atomic mass is 10.1. The molecule has 4 nitrogen and oxygen atoms in total. The largest absolute Gasteiger partial charge is 0.325 e. The topological polar surface area (TPSA) is 58.2 Å². The van der Waals surface area contributed by atoms with Gasteiger partial charge in [-0.05, 0) is 61.9 Å². The van der Waals surface area contributed by atoms with E-state index in [4.69, 9.17) is 23.2 Å². The van der Waals surface area contributed by atoms with Crippen LogP contribution < -0.4 is 10.6 Å². The Labute approximate surface area is 196 Å². The molecule has 0 aliphatic carbocycles. The van der Waals surface area contributed by atoms with Gasteiger partial charge >= 0.3 is 0 Å². The summed E-state index contributed by atoms with van der Waals surface area (Å²) < 4.78 is 0. The second-order valence-corrected chi connectivity index (χ2v) is 9.07. The molecule has 0 saturated heterocycles. The van der Waals surface area contributed by atoms with Crippen LogP contribution in [0.15, 0.2) is 71.6 Å². The van der Waals surface area contributed by atoms with Crippen LogP contribution in [0.2, 0.25) is 10.0 Å². The van der Waals surface area contributed by atoms with Crippen molar-refractivity contribution >= 4 is 58.2 Å². The molecule has 7 heteroatoms. The van der Waals surface area contributed by atoms with Crippen molar-refractivity contribution in [3.63, 3.8) is 0 Å². The second kappa shape index (κ2) is 10.7. The maximum Gasteiger partial charge on any atom is 0.255 e. The van der Waals surface area contributed by atoms with Crippen LogP contribution in [0.5, 0.6) is 0 Å².